The summed E-state index contributed by atoms with van der Waals surface area (Å²) < 4.78 is 31.6. The summed E-state index contributed by atoms with van der Waals surface area (Å²) in [5, 5.41) is 0. The number of hydrogen-bond donors (Lipinski definition) is 2. The van der Waals surface area contributed by atoms with Crippen LogP contribution < -0.4 is 49.6 Å². The summed E-state index contributed by atoms with van der Waals surface area (Å²) in [4.78, 5) is 0. The van der Waals surface area contributed by atoms with Gasteiger partial charge in [0.1, 0.15) is 0 Å². The largest absolute Gasteiger partial charge is 2.00 e. The van der Waals surface area contributed by atoms with E-state index in [9.17, 15) is 0 Å². The average molecular weight is 515 g/mol. The van der Waals surface area contributed by atoms with Crippen LogP contribution in [0.1, 0.15) is 0 Å². The molecule has 0 saturated carbocycles. The molecule has 11 heavy (non-hydrogen) atoms. The fraction of sp³-hybridized carbons (Fsp3) is 0. The van der Waals surface area contributed by atoms with Crippen LogP contribution in [-0.4, -0.2) is 115 Å². The van der Waals surface area contributed by atoms with Gasteiger partial charge in [-0.15, -0.1) is 0 Å². The fourth-order valence-electron chi connectivity index (χ4n) is 0. The molecule has 0 aliphatic rings. The molecule has 0 bridgehead atoms. The third-order valence-electron chi connectivity index (χ3n) is 0. The standard InChI is InChI=1S/2Ba.4ClH.H2O4S/c;;;;;;1-5(2,3)4/h;;4*1H;(H2,1,2,3,4)/q2*+2;;;;;/p-4. The Bertz CT molecular complexity index is 103. The van der Waals surface area contributed by atoms with E-state index in [0.717, 1.165) is 0 Å². The van der Waals surface area contributed by atoms with Crippen LogP contribution in [0.25, 0.3) is 0 Å². The minimum atomic E-state index is -4.67. The molecule has 0 radical (unpaired) electrons. The fourth-order valence-corrected chi connectivity index (χ4v) is 0. The summed E-state index contributed by atoms with van der Waals surface area (Å²) >= 11 is 0. The van der Waals surface area contributed by atoms with Gasteiger partial charge in [0.05, 0.1) is 0 Å². The first-order valence-electron chi connectivity index (χ1n) is 0.698. The van der Waals surface area contributed by atoms with Gasteiger partial charge in [-0.25, -0.2) is 0 Å². The minimum Gasteiger partial charge on any atom is -1.00 e. The summed E-state index contributed by atoms with van der Waals surface area (Å²) in [6.45, 7) is 0. The molecule has 4 nitrogen and oxygen atoms in total. The van der Waals surface area contributed by atoms with Crippen LogP contribution in [0.3, 0.4) is 0 Å². The molecule has 0 spiro atoms. The van der Waals surface area contributed by atoms with Crippen LogP contribution in [0.4, 0.5) is 0 Å². The maximum absolute atomic E-state index is 8.74. The third-order valence-corrected chi connectivity index (χ3v) is 0. The van der Waals surface area contributed by atoms with E-state index in [4.69, 9.17) is 17.5 Å². The molecular formula is H2Ba2Cl4O4S. The van der Waals surface area contributed by atoms with E-state index in [-0.39, 0.29) is 147 Å². The van der Waals surface area contributed by atoms with E-state index in [1.54, 1.807) is 0 Å². The topological polar surface area (TPSA) is 74.6 Å². The molecule has 0 aromatic rings. The molecule has 0 unspecified atom stereocenters. The van der Waals surface area contributed by atoms with Gasteiger partial charge in [0.25, 0.3) is 0 Å². The van der Waals surface area contributed by atoms with Gasteiger partial charge >= 0.3 is 108 Å². The van der Waals surface area contributed by atoms with E-state index in [1.807, 2.05) is 0 Å². The van der Waals surface area contributed by atoms with Crippen molar-refractivity contribution in [2.45, 2.75) is 0 Å². The van der Waals surface area contributed by atoms with E-state index >= 15 is 0 Å². The predicted octanol–water partition coefficient (Wildman–Crippen LogP) is -13.4. The first-order chi connectivity index (χ1) is 2.00. The molecule has 11 heteroatoms. The Hall–Kier alpha value is 4.17. The zero-order valence-corrected chi connectivity index (χ0v) is 17.8. The van der Waals surface area contributed by atoms with Crippen molar-refractivity contribution in [3.8, 4) is 0 Å². The van der Waals surface area contributed by atoms with Gasteiger partial charge in [-0.2, -0.15) is 8.42 Å². The summed E-state index contributed by atoms with van der Waals surface area (Å²) in [6, 6.07) is 0. The van der Waals surface area contributed by atoms with E-state index in [2.05, 4.69) is 0 Å². The number of halogens is 4. The molecule has 64 valence electrons. The van der Waals surface area contributed by atoms with Gasteiger partial charge in [-0.05, 0) is 0 Å². The second kappa shape index (κ2) is 23.8. The number of hydrogen-bond acceptors (Lipinski definition) is 2. The molecule has 2 N–H and O–H groups in total. The van der Waals surface area contributed by atoms with Crippen molar-refractivity contribution in [2.24, 2.45) is 0 Å². The molecular weight excluding hydrogens is 513 g/mol. The van der Waals surface area contributed by atoms with E-state index in [0.29, 0.717) is 0 Å². The molecule has 0 aromatic carbocycles. The second-order valence-corrected chi connectivity index (χ2v) is 1.34. The number of rotatable bonds is 0. The third kappa shape index (κ3) is 121. The summed E-state index contributed by atoms with van der Waals surface area (Å²) in [5.41, 5.74) is 0. The van der Waals surface area contributed by atoms with Crippen molar-refractivity contribution < 1.29 is 67.2 Å². The Labute approximate surface area is 171 Å². The van der Waals surface area contributed by atoms with E-state index in [1.165, 1.54) is 0 Å². The Kier molecular flexibility index (Phi) is 98.6. The maximum Gasteiger partial charge on any atom is 2.00 e. The van der Waals surface area contributed by atoms with Crippen molar-refractivity contribution in [2.75, 3.05) is 0 Å². The van der Waals surface area contributed by atoms with Crippen LogP contribution >= 0.6 is 0 Å². The molecule has 0 aliphatic heterocycles. The van der Waals surface area contributed by atoms with Crippen molar-refractivity contribution in [1.29, 1.82) is 0 Å². The molecule has 0 heterocycles. The Morgan fingerprint density at radius 1 is 0.727 bits per heavy atom. The van der Waals surface area contributed by atoms with Crippen molar-refractivity contribution in [3.05, 3.63) is 0 Å². The first kappa shape index (κ1) is 45.6. The zero-order valence-electron chi connectivity index (χ0n) is 5.05. The Morgan fingerprint density at radius 3 is 0.727 bits per heavy atom. The van der Waals surface area contributed by atoms with Gasteiger partial charge in [0, 0.05) is 0 Å². The monoisotopic (exact) mass is 514 g/mol. The van der Waals surface area contributed by atoms with Gasteiger partial charge in [0.15, 0.2) is 0 Å². The predicted molar refractivity (Wildman–Crippen MR) is 25.7 cm³/mol. The molecule has 0 rings (SSSR count). The van der Waals surface area contributed by atoms with Crippen LogP contribution in [0, 0.1) is 0 Å². The SMILES string of the molecule is O=S(=O)(O)O.[Ba+2].[Ba+2].[Cl-].[Cl-].[Cl-].[Cl-]. The smallest absolute Gasteiger partial charge is 1.00 e. The van der Waals surface area contributed by atoms with Gasteiger partial charge in [-0.3, -0.25) is 9.11 Å². The maximum atomic E-state index is 8.74. The van der Waals surface area contributed by atoms with Crippen LogP contribution in [0.5, 0.6) is 0 Å². The summed E-state index contributed by atoms with van der Waals surface area (Å²) in [5.74, 6) is 0. The van der Waals surface area contributed by atoms with Crippen molar-refractivity contribution in [3.63, 3.8) is 0 Å². The normalized spacial score (nSPS) is 5.27. The zero-order chi connectivity index (χ0) is 4.50. The first-order valence-corrected chi connectivity index (χ1v) is 2.10. The van der Waals surface area contributed by atoms with Crippen LogP contribution in [0.15, 0.2) is 0 Å². The van der Waals surface area contributed by atoms with E-state index < -0.39 is 10.4 Å². The van der Waals surface area contributed by atoms with Gasteiger partial charge in [-0.1, -0.05) is 0 Å². The van der Waals surface area contributed by atoms with Gasteiger partial charge < -0.3 is 49.6 Å². The van der Waals surface area contributed by atoms with Crippen LogP contribution in [0.2, 0.25) is 0 Å². The molecule has 0 aromatic heterocycles. The van der Waals surface area contributed by atoms with Crippen LogP contribution in [-0.2, 0) is 10.4 Å². The quantitative estimate of drug-likeness (QED) is 0.249. The molecule has 0 aliphatic carbocycles. The average Bonchev–Trinajstić information content (AvgIpc) is 0.722. The minimum absolute atomic E-state index is 0. The van der Waals surface area contributed by atoms with Crippen molar-refractivity contribution >= 4 is 108 Å². The van der Waals surface area contributed by atoms with Gasteiger partial charge in [0.2, 0.25) is 0 Å². The molecule has 0 saturated heterocycles. The summed E-state index contributed by atoms with van der Waals surface area (Å²) in [7, 11) is -4.67. The Balaban J connectivity index is -0.00000000533. The second-order valence-electron chi connectivity index (χ2n) is 0.448. The van der Waals surface area contributed by atoms with Crippen molar-refractivity contribution in [1.82, 2.24) is 0 Å². The Morgan fingerprint density at radius 2 is 0.727 bits per heavy atom. The molecule has 0 fully saturated rings. The molecule has 0 amide bonds. The molecule has 0 atom stereocenters. The summed E-state index contributed by atoms with van der Waals surface area (Å²) in [6.07, 6.45) is 0.